The molecule has 2 unspecified atom stereocenters. The number of aromatic nitrogens is 2. The fraction of sp³-hybridized carbons (Fsp3) is 0.275. The Bertz CT molecular complexity index is 2040. The lowest BCUT2D eigenvalue weighted by Gasteiger charge is -2.39. The van der Waals surface area contributed by atoms with Crippen LogP contribution >= 0.6 is 0 Å². The molecule has 1 aliphatic rings. The molecule has 1 fully saturated rings. The minimum Gasteiger partial charge on any atom is -0.449 e. The molecule has 2 atom stereocenters. The number of hydrogen-bond donors (Lipinski definition) is 3. The van der Waals surface area contributed by atoms with Gasteiger partial charge in [-0.25, -0.2) is 9.78 Å². The Morgan fingerprint density at radius 3 is 2.25 bits per heavy atom. The third-order valence-corrected chi connectivity index (χ3v) is 9.80. The number of amidine groups is 1. The number of likely N-dealkylation sites (N-methyl/N-ethyl adjacent to an activating group) is 1. The molecule has 11 nitrogen and oxygen atoms in total. The number of benzene rings is 4. The smallest absolute Gasteiger partial charge is 0.410 e. The molecule has 4 N–H and O–H groups in total. The summed E-state index contributed by atoms with van der Waals surface area (Å²) in [5.74, 6) is 0.0598. The lowest BCUT2D eigenvalue weighted by molar-refractivity contribution is -0.141. The number of nitrogens with two attached hydrogens (primary N) is 1. The number of likely N-dealkylation sites (tertiary alicyclic amines) is 1. The third-order valence-electron chi connectivity index (χ3n) is 9.80. The summed E-state index contributed by atoms with van der Waals surface area (Å²) < 4.78 is 7.61. The number of ether oxygens (including phenoxy) is 1. The number of fused-ring (bicyclic) bond motifs is 1. The maximum Gasteiger partial charge on any atom is 0.410 e. The van der Waals surface area contributed by atoms with Crippen LogP contribution in [-0.2, 0) is 28.5 Å². The van der Waals surface area contributed by atoms with E-state index >= 15 is 0 Å². The van der Waals surface area contributed by atoms with Gasteiger partial charge in [0.25, 0.3) is 11.8 Å². The summed E-state index contributed by atoms with van der Waals surface area (Å²) in [4.78, 5) is 48.4. The number of rotatable bonds is 10. The lowest BCUT2D eigenvalue weighted by Crippen LogP contribution is -2.55. The van der Waals surface area contributed by atoms with Crippen LogP contribution < -0.4 is 11.1 Å². The lowest BCUT2D eigenvalue weighted by atomic mass is 9.88. The minimum absolute atomic E-state index is 0.0178. The highest BCUT2D eigenvalue weighted by Crippen LogP contribution is 2.34. The average Bonchev–Trinajstić information content (AvgIpc) is 3.82. The van der Waals surface area contributed by atoms with Crippen LogP contribution in [0, 0.1) is 5.41 Å². The van der Waals surface area contributed by atoms with Crippen molar-refractivity contribution in [3.05, 3.63) is 137 Å². The van der Waals surface area contributed by atoms with Crippen molar-refractivity contribution in [1.29, 1.82) is 5.41 Å². The molecule has 0 bridgehead atoms. The first kappa shape index (κ1) is 35.0. The van der Waals surface area contributed by atoms with Crippen LogP contribution in [0.4, 0.5) is 4.79 Å². The Kier molecular flexibility index (Phi) is 10.3. The second-order valence-corrected chi connectivity index (χ2v) is 13.0. The van der Waals surface area contributed by atoms with Gasteiger partial charge in [-0.1, -0.05) is 78.9 Å². The van der Waals surface area contributed by atoms with Crippen LogP contribution in [0.25, 0.3) is 11.0 Å². The standard InChI is InChI=1S/C40H43N7O4/c1-40(38(49)47-23-10-11-24-47,46(3)39(50)51-25-22-27-12-6-4-7-13-27)31-20-21-33-32(26-31)43-36(45(33)2)34(41)28-16-18-29(19-17-28)35(42)44-37(48)30-14-8-5-9-15-30/h4-9,12-21,26,34H,10-11,22-25,41H2,1-3H3,(H2,42,44,48). The maximum absolute atomic E-state index is 14.2. The van der Waals surface area contributed by atoms with Gasteiger partial charge in [0.2, 0.25) is 0 Å². The molecule has 3 amide bonds. The molecule has 1 aliphatic heterocycles. The van der Waals surface area contributed by atoms with Crippen LogP contribution in [0.1, 0.15) is 64.2 Å². The Balaban J connectivity index is 1.23. The molecule has 262 valence electrons. The summed E-state index contributed by atoms with van der Waals surface area (Å²) in [5.41, 5.74) is 10.3. The van der Waals surface area contributed by atoms with Crippen molar-refractivity contribution in [2.24, 2.45) is 12.8 Å². The van der Waals surface area contributed by atoms with Gasteiger partial charge in [-0.3, -0.25) is 19.9 Å². The van der Waals surface area contributed by atoms with Gasteiger partial charge >= 0.3 is 6.09 Å². The highest BCUT2D eigenvalue weighted by molar-refractivity contribution is 6.11. The van der Waals surface area contributed by atoms with Crippen molar-refractivity contribution in [3.8, 4) is 0 Å². The first-order valence-corrected chi connectivity index (χ1v) is 17.1. The van der Waals surface area contributed by atoms with E-state index in [-0.39, 0.29) is 24.3 Å². The van der Waals surface area contributed by atoms with E-state index in [1.165, 1.54) is 4.90 Å². The molecule has 2 heterocycles. The summed E-state index contributed by atoms with van der Waals surface area (Å²) in [6, 6.07) is 30.7. The van der Waals surface area contributed by atoms with Crippen molar-refractivity contribution in [1.82, 2.24) is 24.7 Å². The summed E-state index contributed by atoms with van der Waals surface area (Å²) >= 11 is 0. The van der Waals surface area contributed by atoms with Crippen LogP contribution in [0.2, 0.25) is 0 Å². The van der Waals surface area contributed by atoms with E-state index in [0.717, 1.165) is 29.5 Å². The molecule has 0 radical (unpaired) electrons. The quantitative estimate of drug-likeness (QED) is 0.130. The Labute approximate surface area is 297 Å². The summed E-state index contributed by atoms with van der Waals surface area (Å²) in [7, 11) is 3.50. The topological polar surface area (TPSA) is 147 Å². The third kappa shape index (κ3) is 7.25. The Morgan fingerprint density at radius 1 is 0.941 bits per heavy atom. The van der Waals surface area contributed by atoms with E-state index in [1.807, 2.05) is 83.2 Å². The van der Waals surface area contributed by atoms with Gasteiger partial charge in [-0.15, -0.1) is 0 Å². The molecule has 6 rings (SSSR count). The number of imidazole rings is 1. The van der Waals surface area contributed by atoms with E-state index in [4.69, 9.17) is 20.9 Å². The first-order valence-electron chi connectivity index (χ1n) is 17.1. The summed E-state index contributed by atoms with van der Waals surface area (Å²) in [6.07, 6.45) is 1.81. The van der Waals surface area contributed by atoms with E-state index in [0.29, 0.717) is 47.5 Å². The van der Waals surface area contributed by atoms with Crippen molar-refractivity contribution < 1.29 is 19.1 Å². The number of carbonyl (C=O) groups is 3. The van der Waals surface area contributed by atoms with Gasteiger partial charge in [-0.05, 0) is 60.7 Å². The maximum atomic E-state index is 14.2. The van der Waals surface area contributed by atoms with Gasteiger partial charge in [0.05, 0.1) is 23.7 Å². The highest BCUT2D eigenvalue weighted by atomic mass is 16.6. The predicted molar refractivity (Wildman–Crippen MR) is 196 cm³/mol. The Hall–Kier alpha value is -5.81. The van der Waals surface area contributed by atoms with Gasteiger partial charge in [0, 0.05) is 44.7 Å². The number of amides is 3. The van der Waals surface area contributed by atoms with E-state index in [2.05, 4.69) is 5.32 Å². The molecular formula is C40H43N7O4. The fourth-order valence-electron chi connectivity index (χ4n) is 6.52. The van der Waals surface area contributed by atoms with Gasteiger partial charge in [0.15, 0.2) is 0 Å². The predicted octanol–water partition coefficient (Wildman–Crippen LogP) is 5.53. The second kappa shape index (κ2) is 15.0. The number of nitrogens with one attached hydrogen (secondary N) is 2. The molecule has 11 heteroatoms. The highest BCUT2D eigenvalue weighted by Gasteiger charge is 2.46. The van der Waals surface area contributed by atoms with Gasteiger partial charge in [0.1, 0.15) is 17.2 Å². The number of nitrogens with zero attached hydrogens (tertiary/aromatic N) is 4. The molecular weight excluding hydrogens is 642 g/mol. The number of hydrogen-bond acceptors (Lipinski definition) is 7. The molecule has 5 aromatic rings. The SMILES string of the molecule is CN(C(=O)OCCc1ccccc1)C(C)(C(=O)N1CCCC1)c1ccc2c(c1)nc(C(N)c1ccc(C(=N)NC(=O)c3ccccc3)cc1)n2C. The molecule has 1 saturated heterocycles. The second-order valence-electron chi connectivity index (χ2n) is 13.0. The number of aryl methyl sites for hydroxylation is 1. The largest absolute Gasteiger partial charge is 0.449 e. The number of carbonyl (C=O) groups excluding carboxylic acids is 3. The summed E-state index contributed by atoms with van der Waals surface area (Å²) in [5, 5.41) is 11.0. The minimum atomic E-state index is -1.35. The Morgan fingerprint density at radius 2 is 1.59 bits per heavy atom. The monoisotopic (exact) mass is 685 g/mol. The molecule has 4 aromatic carbocycles. The van der Waals surface area contributed by atoms with E-state index < -0.39 is 17.7 Å². The van der Waals surface area contributed by atoms with Crippen LogP contribution in [0.3, 0.4) is 0 Å². The van der Waals surface area contributed by atoms with Crippen molar-refractivity contribution in [3.63, 3.8) is 0 Å². The fourth-order valence-corrected chi connectivity index (χ4v) is 6.52. The zero-order chi connectivity index (χ0) is 36.1. The molecule has 0 aliphatic carbocycles. The van der Waals surface area contributed by atoms with Crippen molar-refractivity contribution in [2.45, 2.75) is 37.8 Å². The average molecular weight is 686 g/mol. The van der Waals surface area contributed by atoms with E-state index in [1.54, 1.807) is 50.4 Å². The molecule has 1 aromatic heterocycles. The molecule has 0 saturated carbocycles. The van der Waals surface area contributed by atoms with Crippen LogP contribution in [-0.4, -0.2) is 69.8 Å². The van der Waals surface area contributed by atoms with E-state index in [9.17, 15) is 14.4 Å². The first-order chi connectivity index (χ1) is 24.6. The summed E-state index contributed by atoms with van der Waals surface area (Å²) in [6.45, 7) is 3.22. The van der Waals surface area contributed by atoms with Gasteiger partial charge < -0.3 is 25.3 Å². The normalized spacial score (nSPS) is 14.5. The zero-order valence-electron chi connectivity index (χ0n) is 29.1. The molecule has 0 spiro atoms. The van der Waals surface area contributed by atoms with Crippen LogP contribution in [0.15, 0.2) is 103 Å². The molecule has 51 heavy (non-hydrogen) atoms. The zero-order valence-corrected chi connectivity index (χ0v) is 29.1. The van der Waals surface area contributed by atoms with Crippen molar-refractivity contribution >= 4 is 34.8 Å². The van der Waals surface area contributed by atoms with Crippen LogP contribution in [0.5, 0.6) is 0 Å². The van der Waals surface area contributed by atoms with Crippen molar-refractivity contribution in [2.75, 3.05) is 26.7 Å². The van der Waals surface area contributed by atoms with Gasteiger partial charge in [-0.2, -0.15) is 0 Å².